The summed E-state index contributed by atoms with van der Waals surface area (Å²) in [6.45, 7) is 1.89. The van der Waals surface area contributed by atoms with Gasteiger partial charge in [0.05, 0.1) is 22.9 Å². The largest absolute Gasteiger partial charge is 0.492 e. The fourth-order valence-corrected chi connectivity index (χ4v) is 4.07. The highest BCUT2D eigenvalue weighted by molar-refractivity contribution is 5.82. The zero-order valence-corrected chi connectivity index (χ0v) is 15.6. The maximum absolute atomic E-state index is 13.7. The van der Waals surface area contributed by atoms with Crippen molar-refractivity contribution in [2.75, 3.05) is 6.61 Å². The molecule has 1 saturated heterocycles. The number of benzene rings is 1. The Morgan fingerprint density at radius 3 is 2.62 bits per heavy atom. The lowest BCUT2D eigenvalue weighted by molar-refractivity contribution is -0.136. The Morgan fingerprint density at radius 1 is 1.28 bits per heavy atom. The average Bonchev–Trinajstić information content (AvgIpc) is 2.99. The molecule has 0 amide bonds. The molecule has 1 aromatic heterocycles. The molecule has 10 heteroatoms. The van der Waals surface area contributed by atoms with E-state index in [1.165, 1.54) is 17.0 Å². The highest BCUT2D eigenvalue weighted by atomic mass is 19.4. The van der Waals surface area contributed by atoms with Crippen LogP contribution in [0.2, 0.25) is 0 Å². The van der Waals surface area contributed by atoms with Gasteiger partial charge in [0, 0.05) is 49.9 Å². The van der Waals surface area contributed by atoms with Crippen LogP contribution in [0.3, 0.4) is 0 Å². The summed E-state index contributed by atoms with van der Waals surface area (Å²) in [5, 5.41) is 3.18. The van der Waals surface area contributed by atoms with Gasteiger partial charge in [0.1, 0.15) is 18.1 Å². The van der Waals surface area contributed by atoms with Crippen molar-refractivity contribution in [3.63, 3.8) is 0 Å². The van der Waals surface area contributed by atoms with Crippen molar-refractivity contribution < 1.29 is 31.5 Å². The molecule has 2 fully saturated rings. The van der Waals surface area contributed by atoms with Gasteiger partial charge in [-0.15, -0.1) is 0 Å². The smallest absolute Gasteiger partial charge is 0.418 e. The number of carbonyl (C=O) groups is 1. The molecule has 1 aliphatic heterocycles. The minimum atomic E-state index is -4.70. The van der Waals surface area contributed by atoms with E-state index in [4.69, 9.17) is 4.74 Å². The van der Waals surface area contributed by atoms with E-state index in [0.717, 1.165) is 6.07 Å². The Kier molecular flexibility index (Phi) is 4.79. The first-order chi connectivity index (χ1) is 13.5. The lowest BCUT2D eigenvalue weighted by Gasteiger charge is -2.36. The number of aromatic nitrogens is 2. The topological polar surface area (TPSA) is 56.1 Å². The van der Waals surface area contributed by atoms with Crippen molar-refractivity contribution in [2.45, 2.75) is 62.8 Å². The second-order valence-electron chi connectivity index (χ2n) is 7.93. The van der Waals surface area contributed by atoms with Crippen molar-refractivity contribution in [3.05, 3.63) is 24.0 Å². The van der Waals surface area contributed by atoms with E-state index in [9.17, 15) is 26.7 Å². The van der Waals surface area contributed by atoms with E-state index >= 15 is 0 Å². The summed E-state index contributed by atoms with van der Waals surface area (Å²) in [6.07, 6.45) is -3.87. The first-order valence-corrected chi connectivity index (χ1v) is 9.38. The molecule has 1 saturated carbocycles. The number of nitrogens with zero attached hydrogens (tertiary/aromatic N) is 2. The highest BCUT2D eigenvalue weighted by Crippen LogP contribution is 2.48. The molecule has 0 unspecified atom stereocenters. The first-order valence-electron chi connectivity index (χ1n) is 9.38. The number of Topliss-reactive ketones (excluding diaryl/α,β-unsaturated/α-hetero) is 1. The van der Waals surface area contributed by atoms with E-state index < -0.39 is 36.5 Å². The maximum atomic E-state index is 13.7. The van der Waals surface area contributed by atoms with E-state index in [-0.39, 0.29) is 47.7 Å². The lowest BCUT2D eigenvalue weighted by atomic mass is 9.88. The van der Waals surface area contributed by atoms with Crippen LogP contribution in [0.4, 0.5) is 22.0 Å². The van der Waals surface area contributed by atoms with Crippen LogP contribution in [-0.4, -0.2) is 39.9 Å². The molecule has 2 atom stereocenters. The second-order valence-corrected chi connectivity index (χ2v) is 7.93. The van der Waals surface area contributed by atoms with Crippen molar-refractivity contribution in [2.24, 2.45) is 0 Å². The Bertz CT molecular complexity index is 932. The average molecular weight is 417 g/mol. The molecule has 1 aliphatic carbocycles. The second kappa shape index (κ2) is 6.93. The van der Waals surface area contributed by atoms with Crippen LogP contribution in [0.5, 0.6) is 5.75 Å². The number of rotatable bonds is 4. The number of alkyl halides is 5. The van der Waals surface area contributed by atoms with Gasteiger partial charge < -0.3 is 14.6 Å². The number of nitrogens with one attached hydrogen (secondary N) is 1. The molecule has 0 radical (unpaired) electrons. The summed E-state index contributed by atoms with van der Waals surface area (Å²) in [4.78, 5) is 15.7. The highest BCUT2D eigenvalue weighted by Gasteiger charge is 2.47. The Morgan fingerprint density at radius 2 is 2.00 bits per heavy atom. The summed E-state index contributed by atoms with van der Waals surface area (Å²) in [5.74, 6) is -2.81. The summed E-state index contributed by atoms with van der Waals surface area (Å²) in [7, 11) is 0. The van der Waals surface area contributed by atoms with Crippen LogP contribution in [0.25, 0.3) is 11.0 Å². The quantitative estimate of drug-likeness (QED) is 0.761. The molecule has 4 rings (SSSR count). The van der Waals surface area contributed by atoms with Crippen LogP contribution in [0.15, 0.2) is 18.5 Å². The number of ether oxygens (including phenoxy) is 1. The molecule has 2 aromatic rings. The maximum Gasteiger partial charge on any atom is 0.418 e. The number of hydrogen-bond donors (Lipinski definition) is 1. The van der Waals surface area contributed by atoms with Crippen LogP contribution >= 0.6 is 0 Å². The summed E-state index contributed by atoms with van der Waals surface area (Å²) >= 11 is 0. The van der Waals surface area contributed by atoms with Crippen LogP contribution in [-0.2, 0) is 11.0 Å². The molecule has 0 spiro atoms. The number of carbonyl (C=O) groups excluding carboxylic acids is 1. The molecule has 5 nitrogen and oxygen atoms in total. The molecule has 1 N–H and O–H groups in total. The molecule has 1 aromatic carbocycles. The van der Waals surface area contributed by atoms with Gasteiger partial charge in [0.2, 0.25) is 0 Å². The molecule has 0 bridgehead atoms. The number of fused-ring (bicyclic) bond motifs is 1. The minimum absolute atomic E-state index is 0.0191. The van der Waals surface area contributed by atoms with Gasteiger partial charge in [0.15, 0.2) is 0 Å². The third kappa shape index (κ3) is 4.08. The molecular formula is C19H20F5N3O2. The number of ketones is 1. The SMILES string of the molecule is C[C@H]1CC(=O)C[C@@H](COc2cc(C(F)(F)F)c3c(c2)ncn3C2CC(F)(F)C2)N1. The predicted molar refractivity (Wildman–Crippen MR) is 94.1 cm³/mol. The third-order valence-corrected chi connectivity index (χ3v) is 5.39. The van der Waals surface area contributed by atoms with Gasteiger partial charge in [-0.2, -0.15) is 13.2 Å². The lowest BCUT2D eigenvalue weighted by Crippen LogP contribution is -2.47. The minimum Gasteiger partial charge on any atom is -0.492 e. The van der Waals surface area contributed by atoms with E-state index in [1.807, 2.05) is 6.92 Å². The van der Waals surface area contributed by atoms with Crippen molar-refractivity contribution >= 4 is 16.8 Å². The third-order valence-electron chi connectivity index (χ3n) is 5.39. The Labute approximate surface area is 163 Å². The number of piperidine rings is 1. The fraction of sp³-hybridized carbons (Fsp3) is 0.579. The number of halogens is 5. The van der Waals surface area contributed by atoms with Gasteiger partial charge >= 0.3 is 6.18 Å². The number of imidazole rings is 1. The molecule has 2 aliphatic rings. The number of hydrogen-bond acceptors (Lipinski definition) is 4. The van der Waals surface area contributed by atoms with E-state index in [1.54, 1.807) is 0 Å². The van der Waals surface area contributed by atoms with Crippen LogP contribution < -0.4 is 10.1 Å². The molecule has 2 heterocycles. The zero-order valence-electron chi connectivity index (χ0n) is 15.6. The zero-order chi connectivity index (χ0) is 21.0. The fourth-order valence-electron chi connectivity index (χ4n) is 4.07. The molecule has 29 heavy (non-hydrogen) atoms. The summed E-state index contributed by atoms with van der Waals surface area (Å²) < 4.78 is 74.2. The van der Waals surface area contributed by atoms with Gasteiger partial charge in [-0.1, -0.05) is 0 Å². The van der Waals surface area contributed by atoms with Gasteiger partial charge in [-0.25, -0.2) is 13.8 Å². The summed E-state index contributed by atoms with van der Waals surface area (Å²) in [6, 6.07) is 1.21. The van der Waals surface area contributed by atoms with Gasteiger partial charge in [-0.3, -0.25) is 4.79 Å². The standard InChI is InChI=1S/C19H20F5N3O2/c1-10-2-13(28)3-11(26-10)8-29-14-4-15(19(22,23)24)17-16(5-14)25-9-27(17)12-6-18(20,21)7-12/h4-5,9-12,26H,2-3,6-8H2,1H3/t10-,11-/m0/s1. The predicted octanol–water partition coefficient (Wildman–Crippen LogP) is 4.11. The monoisotopic (exact) mass is 417 g/mol. The van der Waals surface area contributed by atoms with Crippen LogP contribution in [0, 0.1) is 0 Å². The van der Waals surface area contributed by atoms with Crippen LogP contribution in [0.1, 0.15) is 44.2 Å². The van der Waals surface area contributed by atoms with Gasteiger partial charge in [-0.05, 0) is 13.0 Å². The molecule has 158 valence electrons. The van der Waals surface area contributed by atoms with Crippen molar-refractivity contribution in [1.29, 1.82) is 0 Å². The van der Waals surface area contributed by atoms with E-state index in [0.29, 0.717) is 6.42 Å². The Balaban J connectivity index is 1.61. The van der Waals surface area contributed by atoms with Crippen molar-refractivity contribution in [1.82, 2.24) is 14.9 Å². The van der Waals surface area contributed by atoms with Gasteiger partial charge in [0.25, 0.3) is 5.92 Å². The Hall–Kier alpha value is -2.23. The van der Waals surface area contributed by atoms with E-state index in [2.05, 4.69) is 10.3 Å². The van der Waals surface area contributed by atoms with Crippen molar-refractivity contribution in [3.8, 4) is 5.75 Å². The molecular weight excluding hydrogens is 397 g/mol. The normalized spacial score (nSPS) is 25.2. The summed E-state index contributed by atoms with van der Waals surface area (Å²) in [5.41, 5.74) is -1.16. The first kappa shape index (κ1) is 20.1.